The molecule has 0 unspecified atom stereocenters. The molecule has 2 heteroatoms. The molecule has 0 aliphatic rings. The number of hydrogen-bond acceptors (Lipinski definition) is 1. The van der Waals surface area contributed by atoms with Gasteiger partial charge < -0.3 is 4.89 Å². The van der Waals surface area contributed by atoms with Crippen LogP contribution in [0.15, 0.2) is 84.9 Å². The first-order chi connectivity index (χ1) is 10.2. The lowest BCUT2D eigenvalue weighted by molar-refractivity contribution is 0.633. The minimum Gasteiger partial charge on any atom is -0.366 e. The molecule has 3 aromatic rings. The van der Waals surface area contributed by atoms with E-state index < -0.39 is 7.49 Å². The van der Waals surface area contributed by atoms with Gasteiger partial charge in [-0.1, -0.05) is 90.5 Å². The van der Waals surface area contributed by atoms with Gasteiger partial charge in [0.05, 0.1) is 7.49 Å². The van der Waals surface area contributed by atoms with Crippen molar-refractivity contribution in [3.05, 3.63) is 90.5 Å². The van der Waals surface area contributed by atoms with Gasteiger partial charge in [-0.2, -0.15) is 0 Å². The molecule has 105 valence electrons. The minimum absolute atomic E-state index is 0.986. The molecule has 0 fully saturated rings. The molecule has 1 radical (unpaired) electrons. The third-order valence-corrected chi connectivity index (χ3v) is 6.80. The molecule has 0 atom stereocenters. The van der Waals surface area contributed by atoms with E-state index in [1.54, 1.807) is 0 Å². The summed E-state index contributed by atoms with van der Waals surface area (Å²) in [5.41, 5.74) is 1.20. The lowest BCUT2D eigenvalue weighted by Gasteiger charge is -2.32. The predicted octanol–water partition coefficient (Wildman–Crippen LogP) is 3.20. The van der Waals surface area contributed by atoms with E-state index in [4.69, 9.17) is 0 Å². The molecule has 0 saturated heterocycles. The first-order valence-corrected chi connectivity index (χ1v) is 8.76. The maximum atomic E-state index is 11.6. The number of aryl methyl sites for hydroxylation is 1. The van der Waals surface area contributed by atoms with Crippen LogP contribution in [0.1, 0.15) is 5.56 Å². The molecule has 0 saturated carbocycles. The van der Waals surface area contributed by atoms with Crippen LogP contribution in [-0.4, -0.2) is 4.89 Å². The summed E-state index contributed by atoms with van der Waals surface area (Å²) in [6.45, 7) is 2.06. The van der Waals surface area contributed by atoms with Crippen molar-refractivity contribution in [2.24, 2.45) is 0 Å². The Morgan fingerprint density at radius 1 is 0.571 bits per heavy atom. The van der Waals surface area contributed by atoms with Crippen LogP contribution in [0.3, 0.4) is 0 Å². The van der Waals surface area contributed by atoms with Gasteiger partial charge in [-0.3, -0.25) is 0 Å². The van der Waals surface area contributed by atoms with Crippen LogP contribution in [0.25, 0.3) is 0 Å². The molecule has 3 rings (SSSR count). The van der Waals surface area contributed by atoms with Crippen LogP contribution < -0.4 is 15.9 Å². The van der Waals surface area contributed by atoms with Gasteiger partial charge in [0.25, 0.3) is 0 Å². The number of hydrogen-bond donors (Lipinski definition) is 1. The molecule has 0 amide bonds. The van der Waals surface area contributed by atoms with Crippen molar-refractivity contribution in [2.75, 3.05) is 0 Å². The topological polar surface area (TPSA) is 20.2 Å². The van der Waals surface area contributed by atoms with E-state index in [1.165, 1.54) is 5.56 Å². The van der Waals surface area contributed by atoms with Crippen molar-refractivity contribution in [3.8, 4) is 0 Å². The summed E-state index contributed by atoms with van der Waals surface area (Å²) in [4.78, 5) is 11.6. The van der Waals surface area contributed by atoms with Crippen molar-refractivity contribution < 1.29 is 4.89 Å². The fourth-order valence-electron chi connectivity index (χ4n) is 2.50. The molecule has 0 heterocycles. The highest BCUT2D eigenvalue weighted by atomic mass is 31.2. The smallest absolute Gasteiger partial charge is 0.0666 e. The fourth-order valence-corrected chi connectivity index (χ4v) is 5.18. The summed E-state index contributed by atoms with van der Waals surface area (Å²) in [6.07, 6.45) is 0. The van der Waals surface area contributed by atoms with E-state index in [0.717, 1.165) is 15.9 Å². The summed E-state index contributed by atoms with van der Waals surface area (Å²) in [5, 5.41) is 2.96. The quantitative estimate of drug-likeness (QED) is 0.735. The molecule has 0 aliphatic carbocycles. The summed E-state index contributed by atoms with van der Waals surface area (Å²) >= 11 is 0. The van der Waals surface area contributed by atoms with Gasteiger partial charge in [-0.25, -0.2) is 0 Å². The van der Waals surface area contributed by atoms with Gasteiger partial charge in [-0.15, -0.1) is 0 Å². The highest BCUT2D eigenvalue weighted by Gasteiger charge is 2.31. The van der Waals surface area contributed by atoms with E-state index in [2.05, 4.69) is 19.1 Å². The van der Waals surface area contributed by atoms with Crippen molar-refractivity contribution in [1.82, 2.24) is 0 Å². The van der Waals surface area contributed by atoms with Crippen LogP contribution in [0.2, 0.25) is 0 Å². The number of rotatable bonds is 3. The Kier molecular flexibility index (Phi) is 3.88. The normalized spacial score (nSPS) is 11.3. The monoisotopic (exact) mass is 293 g/mol. The Hall–Kier alpha value is -1.95. The third-order valence-electron chi connectivity index (χ3n) is 3.67. The third kappa shape index (κ3) is 2.63. The van der Waals surface area contributed by atoms with Crippen molar-refractivity contribution >= 4 is 23.4 Å². The van der Waals surface area contributed by atoms with Crippen LogP contribution in [0.5, 0.6) is 0 Å². The Bertz CT molecular complexity index is 666. The number of benzene rings is 3. The van der Waals surface area contributed by atoms with E-state index in [9.17, 15) is 4.89 Å². The summed E-state index contributed by atoms with van der Waals surface area (Å²) in [7, 11) is -2.55. The Morgan fingerprint density at radius 3 is 1.38 bits per heavy atom. The van der Waals surface area contributed by atoms with Gasteiger partial charge in [0.15, 0.2) is 0 Å². The summed E-state index contributed by atoms with van der Waals surface area (Å²) in [6, 6.07) is 28.2. The maximum absolute atomic E-state index is 11.6. The summed E-state index contributed by atoms with van der Waals surface area (Å²) < 4.78 is 0. The van der Waals surface area contributed by atoms with Crippen molar-refractivity contribution in [3.63, 3.8) is 0 Å². The Balaban J connectivity index is 2.23. The first kappa shape index (κ1) is 14.0. The molecule has 21 heavy (non-hydrogen) atoms. The van der Waals surface area contributed by atoms with E-state index in [0.29, 0.717) is 0 Å². The lowest BCUT2D eigenvalue weighted by atomic mass is 10.2. The molecular formula is C19H18OP. The lowest BCUT2D eigenvalue weighted by Crippen LogP contribution is -2.30. The highest BCUT2D eigenvalue weighted by molar-refractivity contribution is 7.91. The molecule has 0 aromatic heterocycles. The van der Waals surface area contributed by atoms with Gasteiger partial charge in [-0.05, 0) is 6.92 Å². The van der Waals surface area contributed by atoms with E-state index >= 15 is 0 Å². The largest absolute Gasteiger partial charge is 0.366 e. The molecule has 3 aromatic carbocycles. The van der Waals surface area contributed by atoms with E-state index in [1.807, 2.05) is 72.8 Å². The van der Waals surface area contributed by atoms with E-state index in [-0.39, 0.29) is 0 Å². The minimum atomic E-state index is -2.55. The van der Waals surface area contributed by atoms with Crippen LogP contribution in [0, 0.1) is 6.92 Å². The average molecular weight is 293 g/mol. The second-order valence-corrected chi connectivity index (χ2v) is 7.96. The SMILES string of the molecule is Cc1ccc([P](O)(c2ccccc2)c2ccccc2)cc1. The zero-order chi connectivity index (χ0) is 14.7. The standard InChI is InChI=1S/C19H18OP/c1-16-12-14-19(15-13-16)21(20,17-8-4-2-5-9-17)18-10-6-3-7-11-18/h2-15,20H,1H3. The first-order valence-electron chi connectivity index (χ1n) is 7.01. The molecule has 1 nitrogen and oxygen atoms in total. The highest BCUT2D eigenvalue weighted by Crippen LogP contribution is 2.50. The molecular weight excluding hydrogens is 275 g/mol. The van der Waals surface area contributed by atoms with Gasteiger partial charge in [0, 0.05) is 15.9 Å². The molecule has 0 aliphatic heterocycles. The molecule has 0 spiro atoms. The molecule has 0 bridgehead atoms. The van der Waals surface area contributed by atoms with Gasteiger partial charge in [0.2, 0.25) is 0 Å². The van der Waals surface area contributed by atoms with Gasteiger partial charge in [0.1, 0.15) is 0 Å². The fraction of sp³-hybridized carbons (Fsp3) is 0.0526. The second-order valence-electron chi connectivity index (χ2n) is 5.14. The Labute approximate surface area is 126 Å². The second kappa shape index (κ2) is 5.81. The average Bonchev–Trinajstić information content (AvgIpc) is 2.56. The van der Waals surface area contributed by atoms with Crippen LogP contribution in [0.4, 0.5) is 0 Å². The zero-order valence-corrected chi connectivity index (χ0v) is 12.9. The van der Waals surface area contributed by atoms with Crippen molar-refractivity contribution in [2.45, 2.75) is 6.92 Å². The van der Waals surface area contributed by atoms with Crippen LogP contribution in [-0.2, 0) is 0 Å². The molecule has 1 N–H and O–H groups in total. The van der Waals surface area contributed by atoms with Crippen molar-refractivity contribution in [1.29, 1.82) is 0 Å². The Morgan fingerprint density at radius 2 is 0.952 bits per heavy atom. The maximum Gasteiger partial charge on any atom is 0.0666 e. The van der Waals surface area contributed by atoms with Gasteiger partial charge >= 0.3 is 0 Å². The zero-order valence-electron chi connectivity index (χ0n) is 12.0. The summed E-state index contributed by atoms with van der Waals surface area (Å²) in [5.74, 6) is 0. The van der Waals surface area contributed by atoms with Crippen LogP contribution >= 0.6 is 7.49 Å². The predicted molar refractivity (Wildman–Crippen MR) is 92.1 cm³/mol.